The Bertz CT molecular complexity index is 708. The normalized spacial score (nSPS) is 14.0. The molecule has 102 valence electrons. The van der Waals surface area contributed by atoms with Gasteiger partial charge >= 0.3 is 0 Å². The molecule has 0 spiro atoms. The second-order valence-corrected chi connectivity index (χ2v) is 5.02. The summed E-state index contributed by atoms with van der Waals surface area (Å²) in [5.41, 5.74) is 1.85. The van der Waals surface area contributed by atoms with Gasteiger partial charge < -0.3 is 4.90 Å². The van der Waals surface area contributed by atoms with Crippen LogP contribution in [0.4, 0.5) is 5.69 Å². The van der Waals surface area contributed by atoms with Gasteiger partial charge in [0, 0.05) is 23.3 Å². The number of carbonyl (C=O) groups excluding carboxylic acids is 2. The zero-order chi connectivity index (χ0) is 14.3. The molecule has 1 aromatic heterocycles. The average molecular weight is 290 g/mol. The van der Waals surface area contributed by atoms with Gasteiger partial charge in [-0.2, -0.15) is 5.10 Å². The first-order valence-electron chi connectivity index (χ1n) is 6.27. The van der Waals surface area contributed by atoms with Crippen molar-refractivity contribution in [3.63, 3.8) is 0 Å². The monoisotopic (exact) mass is 289 g/mol. The van der Waals surface area contributed by atoms with Gasteiger partial charge in [-0.05, 0) is 25.1 Å². The molecule has 0 atom stereocenters. The van der Waals surface area contributed by atoms with E-state index in [1.807, 2.05) is 13.1 Å². The molecule has 1 aromatic carbocycles. The first-order valence-corrected chi connectivity index (χ1v) is 6.65. The molecule has 2 aromatic rings. The number of fused-ring (bicyclic) bond motifs is 1. The summed E-state index contributed by atoms with van der Waals surface area (Å²) >= 11 is 5.95. The van der Waals surface area contributed by atoms with Crippen molar-refractivity contribution in [3.8, 4) is 0 Å². The predicted octanol–water partition coefficient (Wildman–Crippen LogP) is 2.29. The molecule has 0 aliphatic carbocycles. The lowest BCUT2D eigenvalue weighted by Gasteiger charge is -2.15. The molecule has 20 heavy (non-hydrogen) atoms. The van der Waals surface area contributed by atoms with Crippen molar-refractivity contribution < 1.29 is 9.59 Å². The number of aryl methyl sites for hydroxylation is 1. The van der Waals surface area contributed by atoms with Crippen molar-refractivity contribution in [2.75, 3.05) is 4.90 Å². The number of ketones is 1. The van der Waals surface area contributed by atoms with Gasteiger partial charge in [-0.1, -0.05) is 11.6 Å². The lowest BCUT2D eigenvalue weighted by atomic mass is 10.1. The number of hydrogen-bond acceptors (Lipinski definition) is 3. The van der Waals surface area contributed by atoms with E-state index in [1.54, 1.807) is 29.1 Å². The smallest absolute Gasteiger partial charge is 0.299 e. The largest absolute Gasteiger partial charge is 0.300 e. The number of nitrogens with zero attached hydrogens (tertiary/aromatic N) is 3. The summed E-state index contributed by atoms with van der Waals surface area (Å²) in [6, 6.07) is 4.85. The third kappa shape index (κ3) is 2.00. The van der Waals surface area contributed by atoms with Gasteiger partial charge in [0.05, 0.1) is 24.0 Å². The summed E-state index contributed by atoms with van der Waals surface area (Å²) in [4.78, 5) is 25.4. The highest BCUT2D eigenvalue weighted by Gasteiger charge is 2.35. The number of anilines is 1. The Balaban J connectivity index is 1.96. The summed E-state index contributed by atoms with van der Waals surface area (Å²) < 4.78 is 1.77. The molecular weight excluding hydrogens is 278 g/mol. The minimum absolute atomic E-state index is 0.317. The van der Waals surface area contributed by atoms with Crippen molar-refractivity contribution >= 4 is 29.0 Å². The molecule has 0 fully saturated rings. The van der Waals surface area contributed by atoms with Crippen LogP contribution in [0.5, 0.6) is 0 Å². The zero-order valence-electron chi connectivity index (χ0n) is 10.8. The quantitative estimate of drug-likeness (QED) is 0.815. The van der Waals surface area contributed by atoms with Crippen LogP contribution in [0.3, 0.4) is 0 Å². The molecule has 0 saturated carbocycles. The molecular formula is C14H12ClN3O2. The van der Waals surface area contributed by atoms with Crippen LogP contribution in [0.25, 0.3) is 0 Å². The van der Waals surface area contributed by atoms with E-state index in [4.69, 9.17) is 11.6 Å². The van der Waals surface area contributed by atoms with Crippen molar-refractivity contribution in [2.45, 2.75) is 20.0 Å². The standard InChI is InChI=1S/C14H12ClN3O2/c1-2-17-7-9(6-16-17)8-18-12-5-10(15)3-4-11(12)13(19)14(18)20/h3-7H,2,8H2,1H3. The minimum atomic E-state index is -0.522. The third-order valence-corrected chi connectivity index (χ3v) is 3.52. The van der Waals surface area contributed by atoms with E-state index in [-0.39, 0.29) is 0 Å². The lowest BCUT2D eigenvalue weighted by molar-refractivity contribution is -0.114. The van der Waals surface area contributed by atoms with Gasteiger partial charge in [-0.3, -0.25) is 14.3 Å². The molecule has 1 aliphatic heterocycles. The lowest BCUT2D eigenvalue weighted by Crippen LogP contribution is -2.29. The Morgan fingerprint density at radius 1 is 1.30 bits per heavy atom. The van der Waals surface area contributed by atoms with Gasteiger partial charge in [0.2, 0.25) is 0 Å². The first-order chi connectivity index (χ1) is 9.60. The van der Waals surface area contributed by atoms with Crippen LogP contribution in [0.1, 0.15) is 22.8 Å². The summed E-state index contributed by atoms with van der Waals surface area (Å²) in [5, 5.41) is 4.66. The molecule has 0 unspecified atom stereocenters. The number of benzene rings is 1. The summed E-state index contributed by atoms with van der Waals surface area (Å²) in [7, 11) is 0. The van der Waals surface area contributed by atoms with E-state index in [9.17, 15) is 9.59 Å². The molecule has 0 bridgehead atoms. The number of rotatable bonds is 3. The fraction of sp³-hybridized carbons (Fsp3) is 0.214. The van der Waals surface area contributed by atoms with Gasteiger partial charge in [-0.15, -0.1) is 0 Å². The molecule has 0 N–H and O–H groups in total. The van der Waals surface area contributed by atoms with E-state index in [1.165, 1.54) is 4.90 Å². The van der Waals surface area contributed by atoms with Crippen LogP contribution >= 0.6 is 11.6 Å². The van der Waals surface area contributed by atoms with Crippen LogP contribution in [-0.2, 0) is 17.9 Å². The molecule has 1 amide bonds. The van der Waals surface area contributed by atoms with Crippen LogP contribution in [0.15, 0.2) is 30.6 Å². The van der Waals surface area contributed by atoms with Gasteiger partial charge in [0.25, 0.3) is 11.7 Å². The molecule has 0 saturated heterocycles. The Labute approximate surface area is 120 Å². The second kappa shape index (κ2) is 4.76. The van der Waals surface area contributed by atoms with Crippen LogP contribution in [-0.4, -0.2) is 21.5 Å². The van der Waals surface area contributed by atoms with Gasteiger partial charge in [0.1, 0.15) is 0 Å². The van der Waals surface area contributed by atoms with Gasteiger partial charge in [-0.25, -0.2) is 0 Å². The first kappa shape index (κ1) is 12.9. The van der Waals surface area contributed by atoms with Crippen molar-refractivity contribution in [1.82, 2.24) is 9.78 Å². The average Bonchev–Trinajstić information content (AvgIpc) is 2.98. The highest BCUT2D eigenvalue weighted by Crippen LogP contribution is 2.32. The number of carbonyl (C=O) groups is 2. The highest BCUT2D eigenvalue weighted by molar-refractivity contribution is 6.52. The van der Waals surface area contributed by atoms with E-state index < -0.39 is 11.7 Å². The highest BCUT2D eigenvalue weighted by atomic mass is 35.5. The SMILES string of the molecule is CCn1cc(CN2C(=O)C(=O)c3ccc(Cl)cc32)cn1. The maximum Gasteiger partial charge on any atom is 0.299 e. The molecule has 0 radical (unpaired) electrons. The van der Waals surface area contributed by atoms with Gasteiger partial charge in [0.15, 0.2) is 0 Å². The zero-order valence-corrected chi connectivity index (χ0v) is 11.6. The van der Waals surface area contributed by atoms with Crippen molar-refractivity contribution in [3.05, 3.63) is 46.7 Å². The number of Topliss-reactive ketones (excluding diaryl/α,β-unsaturated/α-hetero) is 1. The number of hydrogen-bond donors (Lipinski definition) is 0. The molecule has 6 heteroatoms. The minimum Gasteiger partial charge on any atom is -0.300 e. The fourth-order valence-electron chi connectivity index (χ4n) is 2.27. The summed E-state index contributed by atoms with van der Waals surface area (Å²) in [6.07, 6.45) is 3.56. The van der Waals surface area contributed by atoms with Crippen molar-refractivity contribution in [2.24, 2.45) is 0 Å². The van der Waals surface area contributed by atoms with Crippen LogP contribution in [0, 0.1) is 0 Å². The molecule has 5 nitrogen and oxygen atoms in total. The Hall–Kier alpha value is -2.14. The summed E-state index contributed by atoms with van der Waals surface area (Å²) in [6.45, 7) is 3.06. The maximum absolute atomic E-state index is 12.1. The number of amides is 1. The fourth-order valence-corrected chi connectivity index (χ4v) is 2.43. The number of aromatic nitrogens is 2. The Kier molecular flexibility index (Phi) is 3.06. The third-order valence-electron chi connectivity index (χ3n) is 3.29. The molecule has 3 rings (SSSR count). The predicted molar refractivity (Wildman–Crippen MR) is 74.9 cm³/mol. The van der Waals surface area contributed by atoms with E-state index in [2.05, 4.69) is 5.10 Å². The van der Waals surface area contributed by atoms with Crippen LogP contribution in [0.2, 0.25) is 5.02 Å². The summed E-state index contributed by atoms with van der Waals surface area (Å²) in [5.74, 6) is -1.01. The van der Waals surface area contributed by atoms with E-state index in [0.717, 1.165) is 12.1 Å². The Morgan fingerprint density at radius 2 is 2.10 bits per heavy atom. The van der Waals surface area contributed by atoms with Crippen LogP contribution < -0.4 is 4.90 Å². The molecule has 1 aliphatic rings. The molecule has 2 heterocycles. The van der Waals surface area contributed by atoms with Crippen molar-refractivity contribution in [1.29, 1.82) is 0 Å². The maximum atomic E-state index is 12.1. The van der Waals surface area contributed by atoms with E-state index in [0.29, 0.717) is 22.8 Å². The van der Waals surface area contributed by atoms with E-state index >= 15 is 0 Å². The Morgan fingerprint density at radius 3 is 2.80 bits per heavy atom. The number of halogens is 1. The second-order valence-electron chi connectivity index (χ2n) is 4.59. The topological polar surface area (TPSA) is 55.2 Å².